The summed E-state index contributed by atoms with van der Waals surface area (Å²) in [5, 5.41) is 9.54. The number of oxazole rings is 1. The third-order valence-corrected chi connectivity index (χ3v) is 6.84. The van der Waals surface area contributed by atoms with Crippen molar-refractivity contribution in [3.63, 3.8) is 0 Å². The van der Waals surface area contributed by atoms with E-state index < -0.39 is 28.1 Å². The second-order valence-electron chi connectivity index (χ2n) is 7.29. The van der Waals surface area contributed by atoms with Crippen LogP contribution in [0, 0.1) is 0 Å². The molecule has 0 aliphatic carbocycles. The zero-order valence-electron chi connectivity index (χ0n) is 18.0. The van der Waals surface area contributed by atoms with Gasteiger partial charge in [0.05, 0.1) is 21.8 Å². The standard InChI is InChI=1S/C23H17F3N2O6S/c1-2-14-3-9-18(12-19(14)22(29)30)35(31,32)28(16-6-10-21-20(11-16)27-13-33-21)15-4-7-17(8-5-15)34-23(24,25)26/h3-13H,2H2,1H3,(H,29,30). The second-order valence-corrected chi connectivity index (χ2v) is 9.08. The summed E-state index contributed by atoms with van der Waals surface area (Å²) in [6.45, 7) is 1.74. The number of rotatable bonds is 7. The van der Waals surface area contributed by atoms with Crippen molar-refractivity contribution in [3.05, 3.63) is 78.2 Å². The molecule has 1 heterocycles. The van der Waals surface area contributed by atoms with Crippen LogP contribution in [0.2, 0.25) is 0 Å². The molecule has 8 nitrogen and oxygen atoms in total. The number of carboxylic acid groups (broad SMARTS) is 1. The molecule has 35 heavy (non-hydrogen) atoms. The Bertz CT molecular complexity index is 1500. The van der Waals surface area contributed by atoms with E-state index in [0.29, 0.717) is 23.1 Å². The number of halogens is 3. The second kappa shape index (κ2) is 8.95. The Morgan fingerprint density at radius 3 is 2.37 bits per heavy atom. The summed E-state index contributed by atoms with van der Waals surface area (Å²) in [6.07, 6.45) is -3.37. The normalized spacial score (nSPS) is 12.0. The molecule has 0 unspecified atom stereocenters. The topological polar surface area (TPSA) is 110 Å². The third kappa shape index (κ3) is 4.92. The highest BCUT2D eigenvalue weighted by atomic mass is 32.2. The summed E-state index contributed by atoms with van der Waals surface area (Å²) in [4.78, 5) is 15.4. The zero-order chi connectivity index (χ0) is 25.4. The first-order valence-corrected chi connectivity index (χ1v) is 11.5. The molecule has 12 heteroatoms. The minimum absolute atomic E-state index is 0.0150. The van der Waals surface area contributed by atoms with E-state index in [2.05, 4.69) is 9.72 Å². The van der Waals surface area contributed by atoms with Gasteiger partial charge >= 0.3 is 12.3 Å². The fraction of sp³-hybridized carbons (Fsp3) is 0.130. The Balaban J connectivity index is 1.87. The highest BCUT2D eigenvalue weighted by Crippen LogP contribution is 2.36. The van der Waals surface area contributed by atoms with Crippen LogP contribution in [0.3, 0.4) is 0 Å². The van der Waals surface area contributed by atoms with Crippen LogP contribution in [-0.4, -0.2) is 30.8 Å². The number of benzene rings is 3. The highest BCUT2D eigenvalue weighted by Gasteiger charge is 2.32. The lowest BCUT2D eigenvalue weighted by Crippen LogP contribution is -2.26. The number of sulfonamides is 1. The number of aromatic carboxylic acids is 1. The summed E-state index contributed by atoms with van der Waals surface area (Å²) < 4.78 is 75.2. The van der Waals surface area contributed by atoms with Gasteiger partial charge in [-0.2, -0.15) is 0 Å². The minimum atomic E-state index is -4.92. The molecule has 4 aromatic rings. The largest absolute Gasteiger partial charge is 0.573 e. The number of anilines is 2. The quantitative estimate of drug-likeness (QED) is 0.352. The molecule has 0 fully saturated rings. The SMILES string of the molecule is CCc1ccc(S(=O)(=O)N(c2ccc(OC(F)(F)F)cc2)c2ccc3ocnc3c2)cc1C(=O)O. The van der Waals surface area contributed by atoms with Crippen molar-refractivity contribution in [2.24, 2.45) is 0 Å². The molecule has 0 bridgehead atoms. The monoisotopic (exact) mass is 506 g/mol. The van der Waals surface area contributed by atoms with Gasteiger partial charge in [0, 0.05) is 0 Å². The number of ether oxygens (including phenoxy) is 1. The molecular formula is C23H17F3N2O6S. The Hall–Kier alpha value is -4.06. The Kier molecular flexibility index (Phi) is 6.15. The summed E-state index contributed by atoms with van der Waals surface area (Å²) in [5.41, 5.74) is 1.09. The van der Waals surface area contributed by atoms with Crippen LogP contribution >= 0.6 is 0 Å². The van der Waals surface area contributed by atoms with Crippen molar-refractivity contribution in [1.82, 2.24) is 4.98 Å². The molecule has 0 amide bonds. The number of nitrogens with zero attached hydrogens (tertiary/aromatic N) is 2. The van der Waals surface area contributed by atoms with Crippen molar-refractivity contribution in [2.45, 2.75) is 24.6 Å². The number of hydrogen-bond donors (Lipinski definition) is 1. The molecule has 4 rings (SSSR count). The summed E-state index contributed by atoms with van der Waals surface area (Å²) in [6, 6.07) is 12.3. The number of carboxylic acids is 1. The lowest BCUT2D eigenvalue weighted by molar-refractivity contribution is -0.274. The highest BCUT2D eigenvalue weighted by molar-refractivity contribution is 7.93. The van der Waals surface area contributed by atoms with Gasteiger partial charge in [-0.05, 0) is 66.6 Å². The van der Waals surface area contributed by atoms with Gasteiger partial charge in [0.25, 0.3) is 10.0 Å². The Morgan fingerprint density at radius 2 is 1.74 bits per heavy atom. The van der Waals surface area contributed by atoms with Crippen molar-refractivity contribution >= 4 is 38.5 Å². The van der Waals surface area contributed by atoms with E-state index in [4.69, 9.17) is 4.42 Å². The maximum atomic E-state index is 13.8. The van der Waals surface area contributed by atoms with Gasteiger partial charge in [-0.15, -0.1) is 13.2 Å². The molecule has 3 aromatic carbocycles. The summed E-state index contributed by atoms with van der Waals surface area (Å²) in [5.74, 6) is -1.82. The van der Waals surface area contributed by atoms with Crippen molar-refractivity contribution in [1.29, 1.82) is 0 Å². The van der Waals surface area contributed by atoms with Gasteiger partial charge in [0.1, 0.15) is 11.3 Å². The predicted octanol–water partition coefficient (Wildman–Crippen LogP) is 5.51. The smallest absolute Gasteiger partial charge is 0.478 e. The van der Waals surface area contributed by atoms with E-state index in [-0.39, 0.29) is 21.8 Å². The summed E-state index contributed by atoms with van der Waals surface area (Å²) >= 11 is 0. The number of carbonyl (C=O) groups is 1. The number of aryl methyl sites for hydroxylation is 1. The average Bonchev–Trinajstić information content (AvgIpc) is 3.27. The Labute approximate surface area is 197 Å². The van der Waals surface area contributed by atoms with Crippen LogP contribution < -0.4 is 9.04 Å². The first kappa shape index (κ1) is 24.1. The van der Waals surface area contributed by atoms with E-state index in [1.807, 2.05) is 0 Å². The van der Waals surface area contributed by atoms with Crippen LogP contribution in [-0.2, 0) is 16.4 Å². The van der Waals surface area contributed by atoms with Gasteiger partial charge in [0.2, 0.25) is 0 Å². The number of hydrogen-bond acceptors (Lipinski definition) is 6. The van der Waals surface area contributed by atoms with E-state index in [1.165, 1.54) is 36.7 Å². The maximum absolute atomic E-state index is 13.8. The maximum Gasteiger partial charge on any atom is 0.573 e. The van der Waals surface area contributed by atoms with Gasteiger partial charge < -0.3 is 14.3 Å². The van der Waals surface area contributed by atoms with Gasteiger partial charge in [-0.1, -0.05) is 13.0 Å². The molecule has 0 aliphatic rings. The van der Waals surface area contributed by atoms with Crippen molar-refractivity contribution in [2.75, 3.05) is 4.31 Å². The Morgan fingerprint density at radius 1 is 1.06 bits per heavy atom. The predicted molar refractivity (Wildman–Crippen MR) is 119 cm³/mol. The first-order chi connectivity index (χ1) is 16.5. The molecule has 0 aliphatic heterocycles. The molecular weight excluding hydrogens is 489 g/mol. The van der Waals surface area contributed by atoms with E-state index in [9.17, 15) is 31.5 Å². The van der Waals surface area contributed by atoms with Crippen LogP contribution in [0.25, 0.3) is 11.1 Å². The average molecular weight is 506 g/mol. The number of aromatic nitrogens is 1. The molecule has 0 radical (unpaired) electrons. The fourth-order valence-electron chi connectivity index (χ4n) is 3.51. The van der Waals surface area contributed by atoms with Gasteiger partial charge in [0.15, 0.2) is 12.0 Å². The fourth-order valence-corrected chi connectivity index (χ4v) is 5.02. The van der Waals surface area contributed by atoms with Gasteiger partial charge in [-0.25, -0.2) is 22.5 Å². The lowest BCUT2D eigenvalue weighted by Gasteiger charge is -2.25. The lowest BCUT2D eigenvalue weighted by atomic mass is 10.1. The molecule has 0 atom stereocenters. The van der Waals surface area contributed by atoms with Crippen LogP contribution in [0.15, 0.2) is 76.4 Å². The number of fused-ring (bicyclic) bond motifs is 1. The number of alkyl halides is 3. The van der Waals surface area contributed by atoms with Gasteiger partial charge in [-0.3, -0.25) is 0 Å². The zero-order valence-corrected chi connectivity index (χ0v) is 18.8. The molecule has 0 saturated heterocycles. The molecule has 0 spiro atoms. The minimum Gasteiger partial charge on any atom is -0.478 e. The molecule has 0 saturated carbocycles. The van der Waals surface area contributed by atoms with Crippen LogP contribution in [0.5, 0.6) is 5.75 Å². The van der Waals surface area contributed by atoms with Crippen molar-refractivity contribution < 1.29 is 40.6 Å². The first-order valence-electron chi connectivity index (χ1n) is 10.1. The van der Waals surface area contributed by atoms with Crippen molar-refractivity contribution in [3.8, 4) is 5.75 Å². The molecule has 1 N–H and O–H groups in total. The van der Waals surface area contributed by atoms with Crippen LogP contribution in [0.1, 0.15) is 22.8 Å². The third-order valence-electron chi connectivity index (χ3n) is 5.08. The van der Waals surface area contributed by atoms with E-state index in [0.717, 1.165) is 34.6 Å². The summed E-state index contributed by atoms with van der Waals surface area (Å²) in [7, 11) is -4.44. The van der Waals surface area contributed by atoms with E-state index >= 15 is 0 Å². The van der Waals surface area contributed by atoms with E-state index in [1.54, 1.807) is 6.92 Å². The van der Waals surface area contributed by atoms with Crippen LogP contribution in [0.4, 0.5) is 24.5 Å². The molecule has 1 aromatic heterocycles. The molecule has 182 valence electrons.